The van der Waals surface area contributed by atoms with Gasteiger partial charge in [0.05, 0.1) is 35.6 Å². The number of carboxylic acid groups (broad SMARTS) is 2. The first kappa shape index (κ1) is 59.4. The van der Waals surface area contributed by atoms with Crippen LogP contribution in [0.25, 0.3) is 33.8 Å². The number of aliphatic hydroxyl groups is 2. The zero-order chi connectivity index (χ0) is 54.7. The van der Waals surface area contributed by atoms with Crippen molar-refractivity contribution >= 4 is 35.0 Å². The molecule has 74 heavy (non-hydrogen) atoms. The van der Waals surface area contributed by atoms with Crippen LogP contribution in [-0.4, -0.2) is 113 Å². The SMILES string of the molecule is CCCCCCCCCC(C)(C)c1ccccc1.Cc1ccc(-c2nc3ccc(C)cn3c2CC(=O)N(C)C)cc1.Cc1ccc(-c2nc3ccc(C)cn3c2CC(=O)N(C)C)cc1.O=C(O)C(O)C(O)C(=O)O. The monoisotopic (exact) mass is 1010 g/mol. The second-order valence-electron chi connectivity index (χ2n) is 20.0. The Morgan fingerprint density at radius 3 is 1.26 bits per heavy atom. The molecule has 2 unspecified atom stereocenters. The van der Waals surface area contributed by atoms with Gasteiger partial charge in [0, 0.05) is 51.7 Å². The van der Waals surface area contributed by atoms with Gasteiger partial charge in [-0.1, -0.05) is 168 Å². The van der Waals surface area contributed by atoms with Gasteiger partial charge in [0.1, 0.15) is 11.3 Å². The molecule has 0 spiro atoms. The highest BCUT2D eigenvalue weighted by Gasteiger charge is 2.29. The molecule has 0 radical (unpaired) electrons. The fourth-order valence-electron chi connectivity index (χ4n) is 8.05. The van der Waals surface area contributed by atoms with Crippen molar-refractivity contribution in [1.29, 1.82) is 0 Å². The third-order valence-electron chi connectivity index (χ3n) is 12.8. The highest BCUT2D eigenvalue weighted by atomic mass is 16.4. The van der Waals surface area contributed by atoms with E-state index in [2.05, 4.69) is 113 Å². The minimum absolute atomic E-state index is 0.0710. The van der Waals surface area contributed by atoms with Crippen LogP contribution in [0.2, 0.25) is 0 Å². The van der Waals surface area contributed by atoms with Crippen molar-refractivity contribution in [1.82, 2.24) is 28.6 Å². The summed E-state index contributed by atoms with van der Waals surface area (Å²) in [7, 11) is 7.12. The Balaban J connectivity index is 0.000000222. The third kappa shape index (κ3) is 17.5. The summed E-state index contributed by atoms with van der Waals surface area (Å²) in [5.41, 5.74) is 14.0. The van der Waals surface area contributed by atoms with Crippen molar-refractivity contribution in [3.8, 4) is 22.5 Å². The van der Waals surface area contributed by atoms with Crippen molar-refractivity contribution in [2.75, 3.05) is 28.2 Å². The van der Waals surface area contributed by atoms with Gasteiger partial charge in [0.25, 0.3) is 0 Å². The molecule has 14 nitrogen and oxygen atoms in total. The number of aliphatic hydroxyl groups excluding tert-OH is 2. The number of imidazole rings is 2. The topological polar surface area (TPSA) is 190 Å². The van der Waals surface area contributed by atoms with Crippen LogP contribution in [0.3, 0.4) is 0 Å². The maximum absolute atomic E-state index is 12.3. The second kappa shape index (κ2) is 28.3. The summed E-state index contributed by atoms with van der Waals surface area (Å²) in [5, 5.41) is 32.5. The number of carbonyl (C=O) groups is 4. The Labute approximate surface area is 437 Å². The standard InChI is InChI=1S/2C19H21N3O.C18H30.C4H6O6/c2*1-13-5-8-15(9-6-13)19-16(11-18(23)21(3)4)22-12-14(2)7-10-17(22)20-19;1-4-5-6-7-8-9-13-16-18(2,3)17-14-11-10-12-15-17;5-1(3(7)8)2(6)4(9)10/h2*5-10,12H,11H2,1-4H3;10-12,14-15H,4-9,13,16H2,1-3H3;1-2,5-6H,(H,7,8)(H,9,10). The maximum atomic E-state index is 12.3. The number of aliphatic carboxylic acids is 2. The normalized spacial score (nSPS) is 11.8. The number of aromatic nitrogens is 4. The Morgan fingerprint density at radius 2 is 0.892 bits per heavy atom. The van der Waals surface area contributed by atoms with Gasteiger partial charge in [-0.25, -0.2) is 19.6 Å². The zero-order valence-electron chi connectivity index (χ0n) is 45.3. The Kier molecular flexibility index (Phi) is 22.7. The molecule has 2 atom stereocenters. The van der Waals surface area contributed by atoms with Crippen LogP contribution in [0.4, 0.5) is 0 Å². The minimum Gasteiger partial charge on any atom is -0.479 e. The van der Waals surface area contributed by atoms with Crippen molar-refractivity contribution < 1.29 is 39.6 Å². The molecule has 14 heteroatoms. The number of rotatable bonds is 18. The van der Waals surface area contributed by atoms with Gasteiger partial charge in [0.2, 0.25) is 11.8 Å². The first-order chi connectivity index (χ1) is 35.0. The highest BCUT2D eigenvalue weighted by molar-refractivity contribution is 5.83. The summed E-state index contributed by atoms with van der Waals surface area (Å²) in [4.78, 5) is 56.8. The van der Waals surface area contributed by atoms with Crippen molar-refractivity contribution in [3.05, 3.63) is 155 Å². The van der Waals surface area contributed by atoms with Gasteiger partial charge in [-0.3, -0.25) is 9.59 Å². The average molecular weight is 1010 g/mol. The predicted octanol–water partition coefficient (Wildman–Crippen LogP) is 10.5. The molecule has 396 valence electrons. The van der Waals surface area contributed by atoms with E-state index in [1.165, 1.54) is 68.1 Å². The zero-order valence-corrected chi connectivity index (χ0v) is 45.3. The second-order valence-corrected chi connectivity index (χ2v) is 20.0. The van der Waals surface area contributed by atoms with Crippen LogP contribution in [0.15, 0.2) is 116 Å². The van der Waals surface area contributed by atoms with E-state index in [-0.39, 0.29) is 11.8 Å². The Morgan fingerprint density at radius 1 is 0.527 bits per heavy atom. The van der Waals surface area contributed by atoms with E-state index in [1.807, 2.05) is 59.3 Å². The number of amides is 2. The summed E-state index contributed by atoms with van der Waals surface area (Å²) >= 11 is 0. The molecule has 4 N–H and O–H groups in total. The predicted molar refractivity (Wildman–Crippen MR) is 294 cm³/mol. The first-order valence-electron chi connectivity index (χ1n) is 25.4. The number of likely N-dealkylation sites (N-methyl/N-ethyl adjacent to an activating group) is 2. The molecule has 0 aliphatic rings. The molecule has 0 bridgehead atoms. The molecule has 3 aromatic carbocycles. The van der Waals surface area contributed by atoms with Crippen molar-refractivity contribution in [2.24, 2.45) is 0 Å². The van der Waals surface area contributed by atoms with E-state index < -0.39 is 24.1 Å². The molecule has 0 saturated heterocycles. The van der Waals surface area contributed by atoms with Crippen molar-refractivity contribution in [2.45, 2.75) is 130 Å². The van der Waals surface area contributed by atoms with Crippen LogP contribution in [0.1, 0.15) is 111 Å². The smallest absolute Gasteiger partial charge is 0.335 e. The summed E-state index contributed by atoms with van der Waals surface area (Å²) in [6.07, 6.45) is 11.3. The molecule has 0 fully saturated rings. The van der Waals surface area contributed by atoms with E-state index in [9.17, 15) is 19.2 Å². The third-order valence-corrected chi connectivity index (χ3v) is 12.8. The van der Waals surface area contributed by atoms with Crippen LogP contribution in [-0.2, 0) is 37.4 Å². The molecular weight excluding hydrogens is 933 g/mol. The summed E-state index contributed by atoms with van der Waals surface area (Å²) in [6.45, 7) is 15.2. The van der Waals surface area contributed by atoms with E-state index in [1.54, 1.807) is 38.0 Å². The molecular formula is C60H78N6O8. The fraction of sp³-hybridized carbons (Fsp3) is 0.400. The van der Waals surface area contributed by atoms with Gasteiger partial charge in [0.15, 0.2) is 12.2 Å². The molecule has 4 aromatic heterocycles. The van der Waals surface area contributed by atoms with Crippen molar-refractivity contribution in [3.63, 3.8) is 0 Å². The number of pyridine rings is 2. The van der Waals surface area contributed by atoms with E-state index in [4.69, 9.17) is 30.4 Å². The summed E-state index contributed by atoms with van der Waals surface area (Å²) in [5.74, 6) is -3.40. The van der Waals surface area contributed by atoms with Gasteiger partial charge < -0.3 is 39.0 Å². The number of nitrogens with zero attached hydrogens (tertiary/aromatic N) is 6. The Hall–Kier alpha value is -7.16. The van der Waals surface area contributed by atoms with Crippen LogP contribution < -0.4 is 0 Å². The van der Waals surface area contributed by atoms with Crippen LogP contribution in [0, 0.1) is 27.7 Å². The lowest BCUT2D eigenvalue weighted by Crippen LogP contribution is -2.39. The average Bonchev–Trinajstić information content (AvgIpc) is 3.90. The summed E-state index contributed by atoms with van der Waals surface area (Å²) < 4.78 is 4.07. The van der Waals surface area contributed by atoms with Crippen LogP contribution in [0.5, 0.6) is 0 Å². The molecule has 7 aromatic rings. The quantitative estimate of drug-likeness (QED) is 0.0602. The number of hydrogen-bond acceptors (Lipinski definition) is 8. The first-order valence-corrected chi connectivity index (χ1v) is 25.4. The van der Waals surface area contributed by atoms with Crippen LogP contribution >= 0.6 is 0 Å². The van der Waals surface area contributed by atoms with Gasteiger partial charge in [-0.05, 0) is 68.4 Å². The number of carboxylic acids is 2. The number of aryl methyl sites for hydroxylation is 4. The number of unbranched alkanes of at least 4 members (excludes halogenated alkanes) is 6. The molecule has 2 amide bonds. The molecule has 0 aliphatic carbocycles. The van der Waals surface area contributed by atoms with Gasteiger partial charge in [-0.15, -0.1) is 0 Å². The van der Waals surface area contributed by atoms with E-state index in [0.29, 0.717) is 18.3 Å². The number of carbonyl (C=O) groups excluding carboxylic acids is 2. The van der Waals surface area contributed by atoms with E-state index in [0.717, 1.165) is 56.3 Å². The molecule has 4 heterocycles. The molecule has 7 rings (SSSR count). The van der Waals surface area contributed by atoms with Gasteiger partial charge >= 0.3 is 11.9 Å². The molecule has 0 aliphatic heterocycles. The maximum Gasteiger partial charge on any atom is 0.335 e. The van der Waals surface area contributed by atoms with E-state index >= 15 is 0 Å². The number of benzene rings is 3. The number of hydrogen-bond donors (Lipinski definition) is 4. The minimum atomic E-state index is -2.27. The lowest BCUT2D eigenvalue weighted by atomic mass is 9.80. The fourth-order valence-corrected chi connectivity index (χ4v) is 8.05. The summed E-state index contributed by atoms with van der Waals surface area (Å²) in [6, 6.07) is 35.6. The lowest BCUT2D eigenvalue weighted by Gasteiger charge is -2.25. The van der Waals surface area contributed by atoms with Gasteiger partial charge in [-0.2, -0.15) is 0 Å². The highest BCUT2D eigenvalue weighted by Crippen LogP contribution is 2.30. The Bertz CT molecular complexity index is 2740. The number of fused-ring (bicyclic) bond motifs is 2. The lowest BCUT2D eigenvalue weighted by molar-refractivity contribution is -0.165. The molecule has 0 saturated carbocycles. The largest absolute Gasteiger partial charge is 0.479 e.